The molecule has 0 bridgehead atoms. The van der Waals surface area contributed by atoms with Crippen LogP contribution in [0.4, 0.5) is 0 Å². The normalized spacial score (nSPS) is 34.7. The highest BCUT2D eigenvalue weighted by Crippen LogP contribution is 2.37. The Morgan fingerprint density at radius 2 is 1.89 bits per heavy atom. The summed E-state index contributed by atoms with van der Waals surface area (Å²) in [4.78, 5) is 0. The van der Waals surface area contributed by atoms with Gasteiger partial charge < -0.3 is 9.84 Å². The maximum atomic E-state index is 10.7. The Morgan fingerprint density at radius 1 is 1.11 bits per heavy atom. The second kappa shape index (κ2) is 6.91. The summed E-state index contributed by atoms with van der Waals surface area (Å²) in [6.45, 7) is 4.16. The van der Waals surface area contributed by atoms with Gasteiger partial charge in [0.15, 0.2) is 0 Å². The lowest BCUT2D eigenvalue weighted by molar-refractivity contribution is -0.0499. The van der Waals surface area contributed by atoms with Gasteiger partial charge in [-0.05, 0) is 43.9 Å². The molecular formula is C16H30O2. The molecule has 0 amide bonds. The van der Waals surface area contributed by atoms with Crippen LogP contribution < -0.4 is 0 Å². The smallest absolute Gasteiger partial charge is 0.0673 e. The maximum absolute atomic E-state index is 10.7. The first-order valence-electron chi connectivity index (χ1n) is 8.01. The van der Waals surface area contributed by atoms with Crippen molar-refractivity contribution < 1.29 is 9.84 Å². The van der Waals surface area contributed by atoms with Crippen LogP contribution in [0.25, 0.3) is 0 Å². The Bertz CT molecular complexity index is 235. The zero-order valence-electron chi connectivity index (χ0n) is 12.0. The first kappa shape index (κ1) is 14.3. The molecule has 0 spiro atoms. The fourth-order valence-electron chi connectivity index (χ4n) is 3.67. The molecule has 2 heteroatoms. The summed E-state index contributed by atoms with van der Waals surface area (Å²) in [5.74, 6) is 1.39. The van der Waals surface area contributed by atoms with E-state index in [0.29, 0.717) is 5.92 Å². The molecule has 2 fully saturated rings. The van der Waals surface area contributed by atoms with Gasteiger partial charge in [0.2, 0.25) is 0 Å². The molecule has 2 atom stereocenters. The molecule has 106 valence electrons. The van der Waals surface area contributed by atoms with E-state index in [9.17, 15) is 5.11 Å². The summed E-state index contributed by atoms with van der Waals surface area (Å²) in [6.07, 6.45) is 12.2. The van der Waals surface area contributed by atoms with Crippen molar-refractivity contribution in [1.29, 1.82) is 0 Å². The van der Waals surface area contributed by atoms with Crippen molar-refractivity contribution in [2.75, 3.05) is 13.2 Å². The molecule has 0 aromatic carbocycles. The van der Waals surface area contributed by atoms with E-state index < -0.39 is 0 Å². The summed E-state index contributed by atoms with van der Waals surface area (Å²) in [5.41, 5.74) is -0.339. The second-order valence-electron chi connectivity index (χ2n) is 6.55. The van der Waals surface area contributed by atoms with E-state index >= 15 is 0 Å². The van der Waals surface area contributed by atoms with Crippen LogP contribution in [-0.2, 0) is 4.74 Å². The Balaban J connectivity index is 1.61. The molecule has 2 aliphatic rings. The molecule has 1 saturated carbocycles. The fourth-order valence-corrected chi connectivity index (χ4v) is 3.67. The van der Waals surface area contributed by atoms with Crippen molar-refractivity contribution in [1.82, 2.24) is 0 Å². The zero-order chi connectivity index (χ0) is 12.8. The van der Waals surface area contributed by atoms with Crippen LogP contribution in [0.2, 0.25) is 0 Å². The standard InChI is InChI=1S/C16H30O2/c1-14-6-2-4-10-16(14,17)11-5-3-7-15-8-12-18-13-9-15/h14-15,17H,2-13H2,1H3. The number of unbranched alkanes of at least 4 members (excludes halogenated alkanes) is 1. The molecule has 1 heterocycles. The van der Waals surface area contributed by atoms with Crippen molar-refractivity contribution >= 4 is 0 Å². The predicted molar refractivity (Wildman–Crippen MR) is 74.6 cm³/mol. The molecular weight excluding hydrogens is 224 g/mol. The molecule has 0 radical (unpaired) electrons. The highest BCUT2D eigenvalue weighted by molar-refractivity contribution is 4.87. The van der Waals surface area contributed by atoms with E-state index in [-0.39, 0.29) is 5.60 Å². The molecule has 1 N–H and O–H groups in total. The largest absolute Gasteiger partial charge is 0.390 e. The Hall–Kier alpha value is -0.0800. The quantitative estimate of drug-likeness (QED) is 0.754. The lowest BCUT2D eigenvalue weighted by atomic mass is 9.73. The van der Waals surface area contributed by atoms with E-state index in [4.69, 9.17) is 4.74 Å². The minimum atomic E-state index is -0.339. The molecule has 2 nitrogen and oxygen atoms in total. The minimum Gasteiger partial charge on any atom is -0.390 e. The summed E-state index contributed by atoms with van der Waals surface area (Å²) >= 11 is 0. The van der Waals surface area contributed by atoms with E-state index in [1.165, 1.54) is 51.4 Å². The zero-order valence-corrected chi connectivity index (χ0v) is 12.0. The number of hydrogen-bond donors (Lipinski definition) is 1. The maximum Gasteiger partial charge on any atom is 0.0673 e. The molecule has 0 aromatic rings. The Morgan fingerprint density at radius 3 is 2.61 bits per heavy atom. The third-order valence-electron chi connectivity index (χ3n) is 5.23. The minimum absolute atomic E-state index is 0.339. The average Bonchev–Trinajstić information content (AvgIpc) is 2.40. The van der Waals surface area contributed by atoms with Gasteiger partial charge in [-0.2, -0.15) is 0 Å². The highest BCUT2D eigenvalue weighted by Gasteiger charge is 2.35. The van der Waals surface area contributed by atoms with Crippen LogP contribution in [0, 0.1) is 11.8 Å². The van der Waals surface area contributed by atoms with Crippen LogP contribution in [0.3, 0.4) is 0 Å². The summed E-state index contributed by atoms with van der Waals surface area (Å²) in [7, 11) is 0. The monoisotopic (exact) mass is 254 g/mol. The van der Waals surface area contributed by atoms with Gasteiger partial charge in [-0.15, -0.1) is 0 Å². The average molecular weight is 254 g/mol. The van der Waals surface area contributed by atoms with Gasteiger partial charge in [-0.25, -0.2) is 0 Å². The van der Waals surface area contributed by atoms with E-state index in [2.05, 4.69) is 6.92 Å². The van der Waals surface area contributed by atoms with Crippen molar-refractivity contribution in [3.63, 3.8) is 0 Å². The molecule has 2 rings (SSSR count). The van der Waals surface area contributed by atoms with Gasteiger partial charge in [-0.1, -0.05) is 39.0 Å². The van der Waals surface area contributed by atoms with Crippen LogP contribution in [0.15, 0.2) is 0 Å². The van der Waals surface area contributed by atoms with Gasteiger partial charge >= 0.3 is 0 Å². The Labute approximate surface area is 112 Å². The topological polar surface area (TPSA) is 29.5 Å². The van der Waals surface area contributed by atoms with E-state index in [1.807, 2.05) is 0 Å². The van der Waals surface area contributed by atoms with Gasteiger partial charge in [0, 0.05) is 13.2 Å². The SMILES string of the molecule is CC1CCCCC1(O)CCCCC1CCOCC1. The first-order chi connectivity index (χ1) is 8.71. The van der Waals surface area contributed by atoms with Crippen LogP contribution in [-0.4, -0.2) is 23.9 Å². The van der Waals surface area contributed by atoms with Gasteiger partial charge in [0.1, 0.15) is 0 Å². The summed E-state index contributed by atoms with van der Waals surface area (Å²) in [5, 5.41) is 10.7. The molecule has 1 saturated heterocycles. The van der Waals surface area contributed by atoms with E-state index in [1.54, 1.807) is 0 Å². The molecule has 1 aliphatic carbocycles. The van der Waals surface area contributed by atoms with Crippen LogP contribution in [0.1, 0.15) is 71.1 Å². The van der Waals surface area contributed by atoms with E-state index in [0.717, 1.165) is 32.0 Å². The summed E-state index contributed by atoms with van der Waals surface area (Å²) < 4.78 is 5.39. The van der Waals surface area contributed by atoms with Crippen LogP contribution >= 0.6 is 0 Å². The predicted octanol–water partition coefficient (Wildman–Crippen LogP) is 3.91. The molecule has 0 aromatic heterocycles. The fraction of sp³-hybridized carbons (Fsp3) is 1.00. The van der Waals surface area contributed by atoms with Gasteiger partial charge in [0.25, 0.3) is 0 Å². The summed E-state index contributed by atoms with van der Waals surface area (Å²) in [6, 6.07) is 0. The second-order valence-corrected chi connectivity index (χ2v) is 6.55. The number of rotatable bonds is 5. The third kappa shape index (κ3) is 3.96. The van der Waals surface area contributed by atoms with Gasteiger partial charge in [0.05, 0.1) is 5.60 Å². The van der Waals surface area contributed by atoms with Crippen molar-refractivity contribution in [3.05, 3.63) is 0 Å². The third-order valence-corrected chi connectivity index (χ3v) is 5.23. The number of aliphatic hydroxyl groups is 1. The lowest BCUT2D eigenvalue weighted by Gasteiger charge is -2.38. The van der Waals surface area contributed by atoms with Crippen LogP contribution in [0.5, 0.6) is 0 Å². The molecule has 1 aliphatic heterocycles. The highest BCUT2D eigenvalue weighted by atomic mass is 16.5. The molecule has 18 heavy (non-hydrogen) atoms. The van der Waals surface area contributed by atoms with Crippen molar-refractivity contribution in [3.8, 4) is 0 Å². The van der Waals surface area contributed by atoms with Crippen molar-refractivity contribution in [2.45, 2.75) is 76.7 Å². The first-order valence-corrected chi connectivity index (χ1v) is 8.01. The van der Waals surface area contributed by atoms with Gasteiger partial charge in [-0.3, -0.25) is 0 Å². The number of hydrogen-bond acceptors (Lipinski definition) is 2. The lowest BCUT2D eigenvalue weighted by Crippen LogP contribution is -2.39. The number of ether oxygens (including phenoxy) is 1. The molecule has 2 unspecified atom stereocenters. The Kier molecular flexibility index (Phi) is 5.50. The van der Waals surface area contributed by atoms with Crippen molar-refractivity contribution in [2.24, 2.45) is 11.8 Å².